The second-order valence-electron chi connectivity index (χ2n) is 6.59. The minimum atomic E-state index is -0.819. The number of amides is 4. The van der Waals surface area contributed by atoms with Gasteiger partial charge in [-0.15, -0.1) is 0 Å². The van der Waals surface area contributed by atoms with Crippen molar-refractivity contribution in [3.05, 3.63) is 71.3 Å². The Morgan fingerprint density at radius 3 is 2.48 bits per heavy atom. The molecule has 1 fully saturated rings. The van der Waals surface area contributed by atoms with Crippen LogP contribution in [-0.2, 0) is 9.59 Å². The van der Waals surface area contributed by atoms with E-state index in [9.17, 15) is 14.4 Å². The van der Waals surface area contributed by atoms with E-state index in [1.165, 1.54) is 6.08 Å². The summed E-state index contributed by atoms with van der Waals surface area (Å²) < 4.78 is 10.9. The van der Waals surface area contributed by atoms with Crippen LogP contribution in [0.25, 0.3) is 6.08 Å². The largest absolute Gasteiger partial charge is 0.494 e. The van der Waals surface area contributed by atoms with Crippen LogP contribution in [0.1, 0.15) is 18.9 Å². The maximum Gasteiger partial charge on any atom is 0.335 e. The molecule has 0 atom stereocenters. The summed E-state index contributed by atoms with van der Waals surface area (Å²) in [5.74, 6) is -0.447. The predicted octanol–water partition coefficient (Wildman–Crippen LogP) is 4.36. The van der Waals surface area contributed by atoms with Crippen molar-refractivity contribution in [1.82, 2.24) is 5.32 Å². The van der Waals surface area contributed by atoms with E-state index in [0.717, 1.165) is 11.3 Å². The van der Waals surface area contributed by atoms with Gasteiger partial charge in [-0.3, -0.25) is 14.9 Å². The number of imide groups is 2. The first kappa shape index (κ1) is 22.1. The minimum absolute atomic E-state index is 0.193. The Hall–Kier alpha value is -3.58. The summed E-state index contributed by atoms with van der Waals surface area (Å²) >= 11 is 6.20. The molecule has 2 aromatic carbocycles. The van der Waals surface area contributed by atoms with Gasteiger partial charge < -0.3 is 9.47 Å². The van der Waals surface area contributed by atoms with Crippen molar-refractivity contribution in [2.24, 2.45) is 0 Å². The first-order valence-corrected chi connectivity index (χ1v) is 10.00. The number of hydrogen-bond donors (Lipinski definition) is 1. The summed E-state index contributed by atoms with van der Waals surface area (Å²) in [6.07, 6.45) is 3.82. The average molecular weight is 441 g/mol. The van der Waals surface area contributed by atoms with Crippen molar-refractivity contribution in [2.75, 3.05) is 18.1 Å². The molecule has 2 aromatic rings. The van der Waals surface area contributed by atoms with Gasteiger partial charge >= 0.3 is 6.03 Å². The monoisotopic (exact) mass is 440 g/mol. The Morgan fingerprint density at radius 1 is 1.10 bits per heavy atom. The summed E-state index contributed by atoms with van der Waals surface area (Å²) in [5, 5.41) is 2.51. The van der Waals surface area contributed by atoms with Crippen molar-refractivity contribution < 1.29 is 23.9 Å². The fourth-order valence-electron chi connectivity index (χ4n) is 2.84. The van der Waals surface area contributed by atoms with Gasteiger partial charge in [0.15, 0.2) is 0 Å². The van der Waals surface area contributed by atoms with E-state index < -0.39 is 17.8 Å². The molecule has 3 rings (SSSR count). The van der Waals surface area contributed by atoms with Gasteiger partial charge in [0.25, 0.3) is 11.8 Å². The lowest BCUT2D eigenvalue weighted by molar-refractivity contribution is -0.122. The van der Waals surface area contributed by atoms with Gasteiger partial charge in [-0.1, -0.05) is 37.2 Å². The zero-order valence-corrected chi connectivity index (χ0v) is 17.6. The van der Waals surface area contributed by atoms with Gasteiger partial charge in [-0.2, -0.15) is 0 Å². The molecule has 0 aliphatic carbocycles. The number of halogens is 1. The van der Waals surface area contributed by atoms with Gasteiger partial charge in [-0.25, -0.2) is 9.69 Å². The number of benzene rings is 2. The van der Waals surface area contributed by atoms with E-state index >= 15 is 0 Å². The molecule has 4 amide bonds. The summed E-state index contributed by atoms with van der Waals surface area (Å²) in [7, 11) is 0. The standard InChI is InChI=1S/C23H21ClN2O5/c1-3-11-30-17-8-6-16(7-9-17)26-22(28)18(21(27)25-23(26)29)13-15-5-10-20(19(24)14-15)31-12-4-2/h4-10,13-14H,2-3,11-12H2,1H3,(H,25,27,29)/b18-13-. The molecule has 0 spiro atoms. The smallest absolute Gasteiger partial charge is 0.335 e. The number of nitrogens with zero attached hydrogens (tertiary/aromatic N) is 1. The molecule has 0 unspecified atom stereocenters. The Labute approximate surface area is 184 Å². The number of urea groups is 1. The van der Waals surface area contributed by atoms with E-state index in [1.54, 1.807) is 48.5 Å². The van der Waals surface area contributed by atoms with Crippen LogP contribution < -0.4 is 19.7 Å². The Morgan fingerprint density at radius 2 is 1.84 bits per heavy atom. The van der Waals surface area contributed by atoms with E-state index in [0.29, 0.717) is 41.0 Å². The number of nitrogens with one attached hydrogen (secondary N) is 1. The normalized spacial score (nSPS) is 15.1. The SMILES string of the molecule is C=CCOc1ccc(/C=C2/C(=O)NC(=O)N(c3ccc(OCCC)cc3)C2=O)cc1Cl. The van der Waals surface area contributed by atoms with Crippen LogP contribution in [0.15, 0.2) is 60.7 Å². The lowest BCUT2D eigenvalue weighted by Gasteiger charge is -2.26. The van der Waals surface area contributed by atoms with Crippen molar-refractivity contribution in [3.63, 3.8) is 0 Å². The van der Waals surface area contributed by atoms with Crippen LogP contribution >= 0.6 is 11.6 Å². The molecule has 7 nitrogen and oxygen atoms in total. The maximum absolute atomic E-state index is 13.0. The first-order valence-electron chi connectivity index (χ1n) is 9.62. The highest BCUT2D eigenvalue weighted by Crippen LogP contribution is 2.28. The van der Waals surface area contributed by atoms with E-state index in [-0.39, 0.29) is 5.57 Å². The highest BCUT2D eigenvalue weighted by Gasteiger charge is 2.36. The summed E-state index contributed by atoms with van der Waals surface area (Å²) in [4.78, 5) is 38.5. The third-order valence-electron chi connectivity index (χ3n) is 4.29. The number of carbonyl (C=O) groups is 3. The molecule has 0 aromatic heterocycles. The Balaban J connectivity index is 1.87. The molecule has 1 N–H and O–H groups in total. The molecule has 0 radical (unpaired) electrons. The van der Waals surface area contributed by atoms with E-state index in [4.69, 9.17) is 21.1 Å². The van der Waals surface area contributed by atoms with Crippen LogP contribution in [0.3, 0.4) is 0 Å². The van der Waals surface area contributed by atoms with Crippen molar-refractivity contribution in [3.8, 4) is 11.5 Å². The number of ether oxygens (including phenoxy) is 2. The fraction of sp³-hybridized carbons (Fsp3) is 0.174. The molecule has 31 heavy (non-hydrogen) atoms. The molecule has 1 heterocycles. The van der Waals surface area contributed by atoms with Gasteiger partial charge in [-0.05, 0) is 54.5 Å². The molecule has 1 aliphatic rings. The highest BCUT2D eigenvalue weighted by atomic mass is 35.5. The second-order valence-corrected chi connectivity index (χ2v) is 7.00. The van der Waals surface area contributed by atoms with Crippen molar-refractivity contribution in [1.29, 1.82) is 0 Å². The molecule has 160 valence electrons. The highest BCUT2D eigenvalue weighted by molar-refractivity contribution is 6.39. The van der Waals surface area contributed by atoms with Crippen LogP contribution in [0.4, 0.5) is 10.5 Å². The number of barbiturate groups is 1. The van der Waals surface area contributed by atoms with E-state index in [2.05, 4.69) is 11.9 Å². The number of carbonyl (C=O) groups excluding carboxylic acids is 3. The second kappa shape index (κ2) is 9.95. The third kappa shape index (κ3) is 5.13. The zero-order chi connectivity index (χ0) is 22.4. The minimum Gasteiger partial charge on any atom is -0.494 e. The number of hydrogen-bond acceptors (Lipinski definition) is 5. The molecule has 8 heteroatoms. The summed E-state index contributed by atoms with van der Waals surface area (Å²) in [5.41, 5.74) is 0.629. The number of rotatable bonds is 8. The van der Waals surface area contributed by atoms with E-state index in [1.807, 2.05) is 6.92 Å². The quantitative estimate of drug-likeness (QED) is 0.374. The van der Waals surface area contributed by atoms with Crippen LogP contribution in [0.5, 0.6) is 11.5 Å². The molecule has 1 saturated heterocycles. The lowest BCUT2D eigenvalue weighted by atomic mass is 10.1. The fourth-order valence-corrected chi connectivity index (χ4v) is 3.09. The van der Waals surface area contributed by atoms with Crippen molar-refractivity contribution in [2.45, 2.75) is 13.3 Å². The maximum atomic E-state index is 13.0. The molecule has 0 saturated carbocycles. The summed E-state index contributed by atoms with van der Waals surface area (Å²) in [6.45, 7) is 6.42. The molecular weight excluding hydrogens is 420 g/mol. The van der Waals surface area contributed by atoms with Crippen LogP contribution in [0.2, 0.25) is 5.02 Å². The molecular formula is C23H21ClN2O5. The van der Waals surface area contributed by atoms with Gasteiger partial charge in [0.2, 0.25) is 0 Å². The predicted molar refractivity (Wildman–Crippen MR) is 118 cm³/mol. The van der Waals surface area contributed by atoms with Gasteiger partial charge in [0.05, 0.1) is 17.3 Å². The van der Waals surface area contributed by atoms with Gasteiger partial charge in [0.1, 0.15) is 23.7 Å². The molecule has 0 bridgehead atoms. The zero-order valence-electron chi connectivity index (χ0n) is 16.9. The third-order valence-corrected chi connectivity index (χ3v) is 4.59. The van der Waals surface area contributed by atoms with Crippen molar-refractivity contribution >= 4 is 41.2 Å². The van der Waals surface area contributed by atoms with Crippen LogP contribution in [-0.4, -0.2) is 31.1 Å². The summed E-state index contributed by atoms with van der Waals surface area (Å²) in [6, 6.07) is 10.5. The van der Waals surface area contributed by atoms with Gasteiger partial charge in [0, 0.05) is 0 Å². The number of anilines is 1. The molecule has 1 aliphatic heterocycles. The topological polar surface area (TPSA) is 84.9 Å². The van der Waals surface area contributed by atoms with Crippen LogP contribution in [0, 0.1) is 0 Å². The Kier molecular flexibility index (Phi) is 7.10. The Bertz CT molecular complexity index is 1050. The average Bonchev–Trinajstić information content (AvgIpc) is 2.75. The lowest BCUT2D eigenvalue weighted by Crippen LogP contribution is -2.54. The first-order chi connectivity index (χ1) is 14.9.